The van der Waals surface area contributed by atoms with Crippen LogP contribution in [0.4, 0.5) is 0 Å². The third kappa shape index (κ3) is 4.14. The Bertz CT molecular complexity index is 471. The van der Waals surface area contributed by atoms with Crippen molar-refractivity contribution in [1.82, 2.24) is 20.2 Å². The minimum atomic E-state index is 0.00735. The van der Waals surface area contributed by atoms with Crippen LogP contribution in [0.1, 0.15) is 19.3 Å². The molecule has 2 fully saturated rings. The van der Waals surface area contributed by atoms with Gasteiger partial charge in [-0.15, -0.1) is 0 Å². The minimum Gasteiger partial charge on any atom is -0.460 e. The van der Waals surface area contributed by atoms with Gasteiger partial charge in [-0.3, -0.25) is 4.79 Å². The summed E-state index contributed by atoms with van der Waals surface area (Å²) >= 11 is 0. The molecular weight excluding hydrogens is 284 g/mol. The fourth-order valence-corrected chi connectivity index (χ4v) is 2.79. The molecule has 0 aliphatic carbocycles. The van der Waals surface area contributed by atoms with Crippen molar-refractivity contribution in [1.29, 1.82) is 0 Å². The highest BCUT2D eigenvalue weighted by molar-refractivity contribution is 5.76. The van der Waals surface area contributed by atoms with Gasteiger partial charge in [0.05, 0.1) is 19.1 Å². The fourth-order valence-electron chi connectivity index (χ4n) is 2.79. The molecule has 0 unspecified atom stereocenters. The van der Waals surface area contributed by atoms with E-state index >= 15 is 0 Å². The molecule has 0 saturated carbocycles. The Hall–Kier alpha value is -1.73. The lowest BCUT2D eigenvalue weighted by Gasteiger charge is -2.33. The highest BCUT2D eigenvalue weighted by Crippen LogP contribution is 2.17. The Morgan fingerprint density at radius 1 is 1.36 bits per heavy atom. The summed E-state index contributed by atoms with van der Waals surface area (Å²) in [5.74, 6) is 0.170. The van der Waals surface area contributed by atoms with Gasteiger partial charge in [-0.25, -0.2) is 9.97 Å². The van der Waals surface area contributed by atoms with E-state index in [4.69, 9.17) is 9.47 Å². The Morgan fingerprint density at radius 3 is 2.82 bits per heavy atom. The molecule has 3 rings (SSSR count). The summed E-state index contributed by atoms with van der Waals surface area (Å²) < 4.78 is 11.3. The van der Waals surface area contributed by atoms with Crippen molar-refractivity contribution >= 4 is 5.91 Å². The van der Waals surface area contributed by atoms with E-state index < -0.39 is 0 Å². The van der Waals surface area contributed by atoms with Gasteiger partial charge in [0.25, 0.3) is 0 Å². The number of carbonyl (C=O) groups is 1. The van der Waals surface area contributed by atoms with E-state index in [-0.39, 0.29) is 18.1 Å². The molecule has 0 bridgehead atoms. The van der Waals surface area contributed by atoms with Crippen molar-refractivity contribution < 1.29 is 14.3 Å². The maximum absolute atomic E-state index is 12.3. The lowest BCUT2D eigenvalue weighted by atomic mass is 10.1. The number of hydrogen-bond donors (Lipinski definition) is 1. The van der Waals surface area contributed by atoms with Gasteiger partial charge < -0.3 is 19.7 Å². The molecule has 0 radical (unpaired) electrons. The molecule has 120 valence electrons. The summed E-state index contributed by atoms with van der Waals surface area (Å²) in [5.41, 5.74) is 0. The molecule has 1 atom stereocenters. The van der Waals surface area contributed by atoms with E-state index in [1.54, 1.807) is 18.5 Å². The predicted octanol–water partition coefficient (Wildman–Crippen LogP) is 0.225. The van der Waals surface area contributed by atoms with Crippen LogP contribution in [0.2, 0.25) is 0 Å². The number of ether oxygens (including phenoxy) is 2. The number of nitrogens with zero attached hydrogens (tertiary/aromatic N) is 3. The van der Waals surface area contributed by atoms with Gasteiger partial charge in [-0.2, -0.15) is 0 Å². The number of aromatic nitrogens is 2. The normalized spacial score (nSPS) is 23.3. The second kappa shape index (κ2) is 7.51. The summed E-state index contributed by atoms with van der Waals surface area (Å²) in [6.45, 7) is 3.75. The molecule has 22 heavy (non-hydrogen) atoms. The molecular formula is C15H22N4O3. The molecule has 1 aromatic rings. The molecule has 0 spiro atoms. The molecule has 1 amide bonds. The van der Waals surface area contributed by atoms with Crippen molar-refractivity contribution in [3.8, 4) is 6.01 Å². The van der Waals surface area contributed by atoms with Crippen LogP contribution >= 0.6 is 0 Å². The van der Waals surface area contributed by atoms with Crippen molar-refractivity contribution in [3.63, 3.8) is 0 Å². The molecule has 1 N–H and O–H groups in total. The SMILES string of the molecule is O=C(C[C@@H]1CNCCO1)N1CCC(Oc2ncccn2)CC1. The quantitative estimate of drug-likeness (QED) is 0.858. The second-order valence-electron chi connectivity index (χ2n) is 5.63. The van der Waals surface area contributed by atoms with Crippen LogP contribution in [0.3, 0.4) is 0 Å². The van der Waals surface area contributed by atoms with E-state index in [2.05, 4.69) is 15.3 Å². The third-order valence-electron chi connectivity index (χ3n) is 4.02. The monoisotopic (exact) mass is 306 g/mol. The van der Waals surface area contributed by atoms with Gasteiger partial charge >= 0.3 is 6.01 Å². The van der Waals surface area contributed by atoms with E-state index in [1.807, 2.05) is 4.90 Å². The van der Waals surface area contributed by atoms with Crippen molar-refractivity contribution in [3.05, 3.63) is 18.5 Å². The van der Waals surface area contributed by atoms with Gasteiger partial charge in [-0.1, -0.05) is 0 Å². The van der Waals surface area contributed by atoms with Crippen molar-refractivity contribution in [2.24, 2.45) is 0 Å². The standard InChI is InChI=1S/C15H22N4O3/c20-14(10-13-11-16-6-9-21-13)19-7-2-12(3-8-19)22-15-17-4-1-5-18-15/h1,4-5,12-13,16H,2-3,6-11H2/t13-/m1/s1. The van der Waals surface area contributed by atoms with Crippen LogP contribution < -0.4 is 10.1 Å². The molecule has 1 aromatic heterocycles. The Kier molecular flexibility index (Phi) is 5.18. The zero-order valence-electron chi connectivity index (χ0n) is 12.6. The lowest BCUT2D eigenvalue weighted by Crippen LogP contribution is -2.45. The topological polar surface area (TPSA) is 76.6 Å². The maximum Gasteiger partial charge on any atom is 0.316 e. The summed E-state index contributed by atoms with van der Waals surface area (Å²) in [6.07, 6.45) is 5.51. The molecule has 2 aliphatic rings. The van der Waals surface area contributed by atoms with Crippen LogP contribution in [-0.2, 0) is 9.53 Å². The number of rotatable bonds is 4. The molecule has 0 aromatic carbocycles. The zero-order valence-corrected chi connectivity index (χ0v) is 12.6. The van der Waals surface area contributed by atoms with Gasteiger partial charge in [0, 0.05) is 51.4 Å². The summed E-state index contributed by atoms with van der Waals surface area (Å²) in [7, 11) is 0. The van der Waals surface area contributed by atoms with E-state index in [0.717, 1.165) is 39.0 Å². The van der Waals surface area contributed by atoms with E-state index in [1.165, 1.54) is 0 Å². The first-order chi connectivity index (χ1) is 10.8. The third-order valence-corrected chi connectivity index (χ3v) is 4.02. The minimum absolute atomic E-state index is 0.00735. The first kappa shape index (κ1) is 15.2. The van der Waals surface area contributed by atoms with Crippen molar-refractivity contribution in [2.45, 2.75) is 31.5 Å². The number of piperidine rings is 1. The molecule has 3 heterocycles. The van der Waals surface area contributed by atoms with E-state index in [9.17, 15) is 4.79 Å². The second-order valence-corrected chi connectivity index (χ2v) is 5.63. The van der Waals surface area contributed by atoms with Crippen molar-refractivity contribution in [2.75, 3.05) is 32.8 Å². The number of nitrogens with one attached hydrogen (secondary N) is 1. The van der Waals surface area contributed by atoms with Gasteiger partial charge in [0.15, 0.2) is 0 Å². The highest BCUT2D eigenvalue weighted by Gasteiger charge is 2.26. The first-order valence-corrected chi connectivity index (χ1v) is 7.85. The summed E-state index contributed by atoms with van der Waals surface area (Å²) in [5, 5.41) is 3.25. The van der Waals surface area contributed by atoms with Crippen LogP contribution in [-0.4, -0.2) is 65.8 Å². The van der Waals surface area contributed by atoms with Gasteiger partial charge in [-0.05, 0) is 6.07 Å². The highest BCUT2D eigenvalue weighted by atomic mass is 16.5. The number of likely N-dealkylation sites (tertiary alicyclic amines) is 1. The fraction of sp³-hybridized carbons (Fsp3) is 0.667. The molecule has 7 heteroatoms. The largest absolute Gasteiger partial charge is 0.460 e. The summed E-state index contributed by atoms with van der Waals surface area (Å²) in [6, 6.07) is 2.17. The number of hydrogen-bond acceptors (Lipinski definition) is 6. The zero-order chi connectivity index (χ0) is 15.2. The Morgan fingerprint density at radius 2 is 2.14 bits per heavy atom. The van der Waals surface area contributed by atoms with Crippen LogP contribution in [0.15, 0.2) is 18.5 Å². The first-order valence-electron chi connectivity index (χ1n) is 7.85. The summed E-state index contributed by atoms with van der Waals surface area (Å²) in [4.78, 5) is 22.3. The number of carbonyl (C=O) groups excluding carboxylic acids is 1. The van der Waals surface area contributed by atoms with Crippen LogP contribution in [0, 0.1) is 0 Å². The lowest BCUT2D eigenvalue weighted by molar-refractivity contribution is -0.136. The average Bonchev–Trinajstić information content (AvgIpc) is 2.57. The van der Waals surface area contributed by atoms with Crippen LogP contribution in [0.5, 0.6) is 6.01 Å². The van der Waals surface area contributed by atoms with E-state index in [0.29, 0.717) is 19.0 Å². The predicted molar refractivity (Wildman–Crippen MR) is 79.5 cm³/mol. The molecule has 7 nitrogen and oxygen atoms in total. The van der Waals surface area contributed by atoms with Crippen LogP contribution in [0.25, 0.3) is 0 Å². The average molecular weight is 306 g/mol. The van der Waals surface area contributed by atoms with Gasteiger partial charge in [0.1, 0.15) is 6.10 Å². The molecule has 2 aliphatic heterocycles. The number of morpholine rings is 1. The molecule has 2 saturated heterocycles. The Labute approximate surface area is 130 Å². The van der Waals surface area contributed by atoms with Gasteiger partial charge in [0.2, 0.25) is 5.91 Å². The maximum atomic E-state index is 12.3. The Balaban J connectivity index is 1.42. The smallest absolute Gasteiger partial charge is 0.316 e. The number of amides is 1.